The van der Waals surface area contributed by atoms with Crippen LogP contribution < -0.4 is 0 Å². The Bertz CT molecular complexity index is 991. The van der Waals surface area contributed by atoms with Gasteiger partial charge in [-0.05, 0) is 55.5 Å². The van der Waals surface area contributed by atoms with Crippen LogP contribution in [0, 0.1) is 0 Å². The number of rotatable bonds is 6. The Balaban J connectivity index is 1.66. The molecule has 27 heavy (non-hydrogen) atoms. The number of sulfone groups is 1. The molecule has 142 valence electrons. The highest BCUT2D eigenvalue weighted by Crippen LogP contribution is 2.23. The molecule has 0 bridgehead atoms. The van der Waals surface area contributed by atoms with Gasteiger partial charge in [0, 0.05) is 7.05 Å². The highest BCUT2D eigenvalue weighted by Gasteiger charge is 2.32. The molecule has 2 aromatic rings. The first-order valence-corrected chi connectivity index (χ1v) is 10.7. The molecule has 6 heteroatoms. The predicted molar refractivity (Wildman–Crippen MR) is 104 cm³/mol. The number of aryl methyl sites for hydroxylation is 2. The van der Waals surface area contributed by atoms with Crippen LogP contribution in [-0.4, -0.2) is 37.4 Å². The number of carbonyl (C=O) groups excluding carboxylic acids is 2. The van der Waals surface area contributed by atoms with Crippen LogP contribution in [0.1, 0.15) is 51.3 Å². The number of imide groups is 1. The molecule has 0 saturated heterocycles. The smallest absolute Gasteiger partial charge is 0.261 e. The minimum atomic E-state index is -3.10. The van der Waals surface area contributed by atoms with Gasteiger partial charge < -0.3 is 0 Å². The Kier molecular flexibility index (Phi) is 5.20. The predicted octanol–water partition coefficient (Wildman–Crippen LogP) is 3.02. The monoisotopic (exact) mass is 385 g/mol. The molecule has 1 heterocycles. The molecular weight excluding hydrogens is 362 g/mol. The van der Waals surface area contributed by atoms with Crippen LogP contribution >= 0.6 is 0 Å². The number of amides is 2. The van der Waals surface area contributed by atoms with Gasteiger partial charge in [-0.3, -0.25) is 14.5 Å². The second kappa shape index (κ2) is 7.27. The fourth-order valence-corrected chi connectivity index (χ4v) is 4.04. The Morgan fingerprint density at radius 3 is 1.96 bits per heavy atom. The zero-order chi connectivity index (χ0) is 19.8. The summed E-state index contributed by atoms with van der Waals surface area (Å²) in [6.07, 6.45) is 1.51. The van der Waals surface area contributed by atoms with Gasteiger partial charge in [-0.1, -0.05) is 30.3 Å². The van der Waals surface area contributed by atoms with Gasteiger partial charge in [0.25, 0.3) is 11.8 Å². The molecule has 3 rings (SSSR count). The minimum absolute atomic E-state index is 0.0550. The first-order valence-electron chi connectivity index (χ1n) is 8.94. The molecule has 2 aromatic carbocycles. The van der Waals surface area contributed by atoms with Crippen LogP contribution in [0.4, 0.5) is 0 Å². The van der Waals surface area contributed by atoms with Gasteiger partial charge in [0.15, 0.2) is 9.84 Å². The van der Waals surface area contributed by atoms with Crippen molar-refractivity contribution in [2.75, 3.05) is 7.05 Å². The van der Waals surface area contributed by atoms with Crippen molar-refractivity contribution >= 4 is 21.7 Å². The number of benzene rings is 2. The molecule has 0 fully saturated rings. The van der Waals surface area contributed by atoms with Gasteiger partial charge >= 0.3 is 0 Å². The summed E-state index contributed by atoms with van der Waals surface area (Å²) in [5, 5.41) is -0.384. The van der Waals surface area contributed by atoms with Crippen molar-refractivity contribution in [2.24, 2.45) is 0 Å². The third-order valence-corrected chi connectivity index (χ3v) is 7.14. The Hall–Kier alpha value is -2.47. The highest BCUT2D eigenvalue weighted by atomic mass is 32.2. The molecule has 0 aromatic heterocycles. The number of hydrogen-bond acceptors (Lipinski definition) is 4. The minimum Gasteiger partial charge on any atom is -0.277 e. The first kappa shape index (κ1) is 19.3. The van der Waals surface area contributed by atoms with Gasteiger partial charge in [-0.15, -0.1) is 0 Å². The second-order valence-corrected chi connectivity index (χ2v) is 9.78. The molecule has 0 N–H and O–H groups in total. The standard InChI is InChI=1S/C21H23NO4S/c1-14(2)27(25,26)13-17-8-5-15(6-9-17)4-7-16-10-11-18-19(12-16)21(24)22(3)20(18)23/h5-6,8-12,14H,4,7,13H2,1-3H3. The maximum atomic E-state index is 12.1. The number of nitrogens with zero attached hydrogens (tertiary/aromatic N) is 1. The van der Waals surface area contributed by atoms with Crippen LogP contribution in [0.3, 0.4) is 0 Å². The molecule has 0 atom stereocenters. The zero-order valence-electron chi connectivity index (χ0n) is 15.7. The lowest BCUT2D eigenvalue weighted by Crippen LogP contribution is -2.24. The lowest BCUT2D eigenvalue weighted by atomic mass is 10.00. The molecule has 0 spiro atoms. The molecule has 1 aliphatic rings. The topological polar surface area (TPSA) is 71.5 Å². The van der Waals surface area contributed by atoms with Crippen molar-refractivity contribution in [3.05, 3.63) is 70.3 Å². The number of hydrogen-bond donors (Lipinski definition) is 0. The molecule has 2 amide bonds. The summed E-state index contributed by atoms with van der Waals surface area (Å²) in [6.45, 7) is 3.38. The third kappa shape index (κ3) is 3.95. The van der Waals surface area contributed by atoms with Crippen molar-refractivity contribution in [3.8, 4) is 0 Å². The maximum Gasteiger partial charge on any atom is 0.261 e. The Labute approximate surface area is 159 Å². The third-order valence-electron chi connectivity index (χ3n) is 4.97. The van der Waals surface area contributed by atoms with Crippen molar-refractivity contribution in [3.63, 3.8) is 0 Å². The van der Waals surface area contributed by atoms with Gasteiger partial charge in [-0.25, -0.2) is 8.42 Å². The SMILES string of the molecule is CC(C)S(=O)(=O)Cc1ccc(CCc2ccc3c(c2)C(=O)N(C)C3=O)cc1. The molecule has 5 nitrogen and oxygen atoms in total. The van der Waals surface area contributed by atoms with Crippen molar-refractivity contribution < 1.29 is 18.0 Å². The molecule has 1 aliphatic heterocycles. The summed E-state index contributed by atoms with van der Waals surface area (Å²) >= 11 is 0. The molecule has 0 unspecified atom stereocenters. The van der Waals surface area contributed by atoms with Gasteiger partial charge in [0.1, 0.15) is 0 Å². The average molecular weight is 385 g/mol. The molecule has 0 aliphatic carbocycles. The van der Waals surface area contributed by atoms with Crippen LogP contribution in [0.15, 0.2) is 42.5 Å². The Morgan fingerprint density at radius 2 is 1.33 bits per heavy atom. The lowest BCUT2D eigenvalue weighted by molar-refractivity contribution is 0.0693. The molecule has 0 radical (unpaired) electrons. The maximum absolute atomic E-state index is 12.1. The zero-order valence-corrected chi connectivity index (χ0v) is 16.5. The largest absolute Gasteiger partial charge is 0.277 e. The summed E-state index contributed by atoms with van der Waals surface area (Å²) in [4.78, 5) is 25.2. The van der Waals surface area contributed by atoms with Crippen molar-refractivity contribution in [1.82, 2.24) is 4.90 Å². The second-order valence-electron chi connectivity index (χ2n) is 7.22. The van der Waals surface area contributed by atoms with E-state index in [-0.39, 0.29) is 22.8 Å². The highest BCUT2D eigenvalue weighted by molar-refractivity contribution is 7.91. The van der Waals surface area contributed by atoms with Gasteiger partial charge in [-0.2, -0.15) is 0 Å². The van der Waals surface area contributed by atoms with E-state index in [1.165, 1.54) is 7.05 Å². The van der Waals surface area contributed by atoms with E-state index in [1.54, 1.807) is 26.0 Å². The van der Waals surface area contributed by atoms with Crippen LogP contribution in [0.5, 0.6) is 0 Å². The van der Waals surface area contributed by atoms with E-state index in [2.05, 4.69) is 0 Å². The fraction of sp³-hybridized carbons (Fsp3) is 0.333. The Morgan fingerprint density at radius 1 is 0.815 bits per heavy atom. The summed E-state index contributed by atoms with van der Waals surface area (Å²) < 4.78 is 24.0. The quantitative estimate of drug-likeness (QED) is 0.717. The van der Waals surface area contributed by atoms with Crippen LogP contribution in [-0.2, 0) is 28.4 Å². The summed E-state index contributed by atoms with van der Waals surface area (Å²) in [6, 6.07) is 13.0. The van der Waals surface area contributed by atoms with E-state index in [0.29, 0.717) is 11.1 Å². The van der Waals surface area contributed by atoms with E-state index in [4.69, 9.17) is 0 Å². The number of fused-ring (bicyclic) bond motifs is 1. The molecule has 0 saturated carbocycles. The van der Waals surface area contributed by atoms with Crippen LogP contribution in [0.25, 0.3) is 0 Å². The van der Waals surface area contributed by atoms with Crippen molar-refractivity contribution in [2.45, 2.75) is 37.7 Å². The van der Waals surface area contributed by atoms with Crippen LogP contribution in [0.2, 0.25) is 0 Å². The lowest BCUT2D eigenvalue weighted by Gasteiger charge is -2.09. The van der Waals surface area contributed by atoms with E-state index < -0.39 is 9.84 Å². The average Bonchev–Trinajstić information content (AvgIpc) is 2.85. The van der Waals surface area contributed by atoms with Gasteiger partial charge in [0.2, 0.25) is 0 Å². The van der Waals surface area contributed by atoms with E-state index in [9.17, 15) is 18.0 Å². The normalized spacial score (nSPS) is 14.1. The summed E-state index contributed by atoms with van der Waals surface area (Å²) in [7, 11) is -1.61. The number of carbonyl (C=O) groups is 2. The first-order chi connectivity index (χ1) is 12.7. The van der Waals surface area contributed by atoms with E-state index in [0.717, 1.165) is 34.4 Å². The van der Waals surface area contributed by atoms with Crippen molar-refractivity contribution in [1.29, 1.82) is 0 Å². The summed E-state index contributed by atoms with van der Waals surface area (Å²) in [5.41, 5.74) is 3.81. The summed E-state index contributed by atoms with van der Waals surface area (Å²) in [5.74, 6) is -0.458. The molecular formula is C21H23NO4S. The van der Waals surface area contributed by atoms with E-state index in [1.807, 2.05) is 30.3 Å². The fourth-order valence-electron chi connectivity index (χ4n) is 3.05. The van der Waals surface area contributed by atoms with E-state index >= 15 is 0 Å². The van der Waals surface area contributed by atoms with Gasteiger partial charge in [0.05, 0.1) is 22.1 Å².